The van der Waals surface area contributed by atoms with E-state index < -0.39 is 5.97 Å². The van der Waals surface area contributed by atoms with E-state index in [1.807, 2.05) is 0 Å². The monoisotopic (exact) mass is 222 g/mol. The molecular weight excluding hydrogens is 208 g/mol. The van der Waals surface area contributed by atoms with Gasteiger partial charge in [0.05, 0.1) is 0 Å². The van der Waals surface area contributed by atoms with Crippen molar-refractivity contribution in [1.82, 2.24) is 9.97 Å². The van der Waals surface area contributed by atoms with Crippen LogP contribution in [0.25, 0.3) is 0 Å². The van der Waals surface area contributed by atoms with Crippen molar-refractivity contribution in [2.24, 2.45) is 0 Å². The Morgan fingerprint density at radius 2 is 2.19 bits per heavy atom. The van der Waals surface area contributed by atoms with Gasteiger partial charge in [-0.05, 0) is 18.8 Å². The summed E-state index contributed by atoms with van der Waals surface area (Å²) in [4.78, 5) is 28.7. The van der Waals surface area contributed by atoms with E-state index in [-0.39, 0.29) is 17.8 Å². The molecule has 1 aromatic heterocycles. The third kappa shape index (κ3) is 2.29. The van der Waals surface area contributed by atoms with E-state index in [0.29, 0.717) is 11.5 Å². The number of aliphatic carboxylic acids is 1. The fourth-order valence-corrected chi connectivity index (χ4v) is 2.20. The average molecular weight is 222 g/mol. The Morgan fingerprint density at radius 3 is 2.75 bits per heavy atom. The van der Waals surface area contributed by atoms with E-state index in [9.17, 15) is 9.59 Å². The predicted molar refractivity (Wildman–Crippen MR) is 57.4 cm³/mol. The molecule has 0 radical (unpaired) electrons. The highest BCUT2D eigenvalue weighted by Gasteiger charge is 2.20. The van der Waals surface area contributed by atoms with Crippen molar-refractivity contribution in [1.29, 1.82) is 0 Å². The van der Waals surface area contributed by atoms with Gasteiger partial charge in [0.1, 0.15) is 12.2 Å². The largest absolute Gasteiger partial charge is 0.481 e. The molecule has 86 valence electrons. The van der Waals surface area contributed by atoms with Crippen LogP contribution in [0.5, 0.6) is 0 Å². The van der Waals surface area contributed by atoms with Gasteiger partial charge in [0.15, 0.2) is 0 Å². The summed E-state index contributed by atoms with van der Waals surface area (Å²) in [5.74, 6) is -0.467. The molecule has 5 heteroatoms. The smallest absolute Gasteiger partial charge is 0.311 e. The maximum atomic E-state index is 11.7. The minimum Gasteiger partial charge on any atom is -0.481 e. The number of hydrogen-bond donors (Lipinski definition) is 2. The van der Waals surface area contributed by atoms with Crippen molar-refractivity contribution < 1.29 is 9.90 Å². The van der Waals surface area contributed by atoms with Crippen LogP contribution in [0, 0.1) is 0 Å². The lowest BCUT2D eigenvalue weighted by molar-refractivity contribution is -0.136. The van der Waals surface area contributed by atoms with Gasteiger partial charge >= 0.3 is 5.97 Å². The van der Waals surface area contributed by atoms with Crippen LogP contribution in [0.15, 0.2) is 11.0 Å². The number of carbonyl (C=O) groups is 1. The molecule has 0 bridgehead atoms. The van der Waals surface area contributed by atoms with Crippen molar-refractivity contribution in [2.45, 2.75) is 38.0 Å². The highest BCUT2D eigenvalue weighted by molar-refractivity contribution is 5.68. The van der Waals surface area contributed by atoms with Gasteiger partial charge in [-0.2, -0.15) is 0 Å². The zero-order valence-corrected chi connectivity index (χ0v) is 8.90. The Hall–Kier alpha value is -1.65. The summed E-state index contributed by atoms with van der Waals surface area (Å²) in [5.41, 5.74) is 0.518. The van der Waals surface area contributed by atoms with Gasteiger partial charge in [0, 0.05) is 11.8 Å². The molecule has 5 nitrogen and oxygen atoms in total. The molecule has 2 N–H and O–H groups in total. The second-order valence-electron chi connectivity index (χ2n) is 4.17. The molecule has 1 heterocycles. The third-order valence-corrected chi connectivity index (χ3v) is 2.99. The van der Waals surface area contributed by atoms with E-state index in [2.05, 4.69) is 9.97 Å². The number of nitrogens with one attached hydrogen (secondary N) is 1. The van der Waals surface area contributed by atoms with Crippen LogP contribution in [0.1, 0.15) is 43.0 Å². The standard InChI is InChI=1S/C11H14N2O3/c14-10(15)5-9-12-6-8(11(16)13-9)7-3-1-2-4-7/h6-7H,1-5H2,(H,14,15)(H,12,13,16). The number of carboxylic acid groups (broad SMARTS) is 1. The molecule has 0 aromatic carbocycles. The van der Waals surface area contributed by atoms with E-state index >= 15 is 0 Å². The van der Waals surface area contributed by atoms with E-state index in [4.69, 9.17) is 5.11 Å². The molecule has 1 aliphatic carbocycles. The van der Waals surface area contributed by atoms with Gasteiger partial charge in [0.2, 0.25) is 0 Å². The summed E-state index contributed by atoms with van der Waals surface area (Å²) in [6.45, 7) is 0. The maximum absolute atomic E-state index is 11.7. The molecule has 0 saturated heterocycles. The molecule has 0 spiro atoms. The Bertz CT molecular complexity index is 447. The van der Waals surface area contributed by atoms with E-state index in [1.165, 1.54) is 6.20 Å². The Balaban J connectivity index is 2.22. The Morgan fingerprint density at radius 1 is 1.50 bits per heavy atom. The number of H-pyrrole nitrogens is 1. The molecule has 1 aromatic rings. The summed E-state index contributed by atoms with van der Waals surface area (Å²) in [6.07, 6.45) is 5.67. The highest BCUT2D eigenvalue weighted by Crippen LogP contribution is 2.31. The van der Waals surface area contributed by atoms with E-state index in [1.54, 1.807) is 0 Å². The Labute approximate surface area is 92.5 Å². The molecule has 0 amide bonds. The number of aromatic amines is 1. The van der Waals surface area contributed by atoms with Crippen LogP contribution in [0.3, 0.4) is 0 Å². The fourth-order valence-electron chi connectivity index (χ4n) is 2.20. The van der Waals surface area contributed by atoms with Crippen molar-refractivity contribution in [3.8, 4) is 0 Å². The zero-order valence-electron chi connectivity index (χ0n) is 8.90. The Kier molecular flexibility index (Phi) is 3.03. The topological polar surface area (TPSA) is 83.0 Å². The predicted octanol–water partition coefficient (Wildman–Crippen LogP) is 1.05. The molecule has 1 saturated carbocycles. The van der Waals surface area contributed by atoms with Crippen molar-refractivity contribution in [3.05, 3.63) is 27.9 Å². The second kappa shape index (κ2) is 4.47. The molecule has 1 fully saturated rings. The van der Waals surface area contributed by atoms with Crippen LogP contribution < -0.4 is 5.56 Å². The maximum Gasteiger partial charge on any atom is 0.311 e. The zero-order chi connectivity index (χ0) is 11.5. The lowest BCUT2D eigenvalue weighted by Gasteiger charge is -2.07. The fraction of sp³-hybridized carbons (Fsp3) is 0.545. The molecule has 0 atom stereocenters. The van der Waals surface area contributed by atoms with Crippen LogP contribution in [-0.4, -0.2) is 21.0 Å². The minimum absolute atomic E-state index is 0.182. The first-order valence-electron chi connectivity index (χ1n) is 5.46. The first-order valence-corrected chi connectivity index (χ1v) is 5.46. The normalized spacial score (nSPS) is 16.5. The van der Waals surface area contributed by atoms with Gasteiger partial charge in [-0.1, -0.05) is 12.8 Å². The molecule has 16 heavy (non-hydrogen) atoms. The number of rotatable bonds is 3. The van der Waals surface area contributed by atoms with Crippen LogP contribution in [-0.2, 0) is 11.2 Å². The number of nitrogens with zero attached hydrogens (tertiary/aromatic N) is 1. The number of hydrogen-bond acceptors (Lipinski definition) is 3. The minimum atomic E-state index is -0.989. The lowest BCUT2D eigenvalue weighted by atomic mass is 10.0. The summed E-state index contributed by atoms with van der Waals surface area (Å²) in [6, 6.07) is 0. The molecular formula is C11H14N2O3. The molecule has 2 rings (SSSR count). The quantitative estimate of drug-likeness (QED) is 0.800. The number of carboxylic acids is 1. The third-order valence-electron chi connectivity index (χ3n) is 2.99. The van der Waals surface area contributed by atoms with Crippen molar-refractivity contribution in [3.63, 3.8) is 0 Å². The number of aromatic nitrogens is 2. The summed E-state index contributed by atoms with van der Waals surface area (Å²) in [5, 5.41) is 8.58. The SMILES string of the molecule is O=C(O)Cc1ncc(C2CCCC2)c(=O)[nH]1. The van der Waals surface area contributed by atoms with Gasteiger partial charge < -0.3 is 10.1 Å². The van der Waals surface area contributed by atoms with E-state index in [0.717, 1.165) is 25.7 Å². The second-order valence-corrected chi connectivity index (χ2v) is 4.17. The average Bonchev–Trinajstić information content (AvgIpc) is 2.69. The van der Waals surface area contributed by atoms with Gasteiger partial charge in [-0.15, -0.1) is 0 Å². The van der Waals surface area contributed by atoms with Crippen molar-refractivity contribution in [2.75, 3.05) is 0 Å². The van der Waals surface area contributed by atoms with Crippen LogP contribution in [0.2, 0.25) is 0 Å². The van der Waals surface area contributed by atoms with Gasteiger partial charge in [-0.3, -0.25) is 9.59 Å². The summed E-state index contributed by atoms with van der Waals surface area (Å²) >= 11 is 0. The molecule has 1 aliphatic rings. The summed E-state index contributed by atoms with van der Waals surface area (Å²) < 4.78 is 0. The highest BCUT2D eigenvalue weighted by atomic mass is 16.4. The van der Waals surface area contributed by atoms with Crippen LogP contribution in [0.4, 0.5) is 0 Å². The summed E-state index contributed by atoms with van der Waals surface area (Å²) in [7, 11) is 0. The van der Waals surface area contributed by atoms with Crippen LogP contribution >= 0.6 is 0 Å². The molecule has 0 unspecified atom stereocenters. The first kappa shape index (κ1) is 10.9. The van der Waals surface area contributed by atoms with Crippen molar-refractivity contribution >= 4 is 5.97 Å². The first-order chi connectivity index (χ1) is 7.66. The van der Waals surface area contributed by atoms with Gasteiger partial charge in [-0.25, -0.2) is 4.98 Å². The molecule has 0 aliphatic heterocycles. The van der Waals surface area contributed by atoms with Gasteiger partial charge in [0.25, 0.3) is 5.56 Å². The lowest BCUT2D eigenvalue weighted by Crippen LogP contribution is -2.19.